The summed E-state index contributed by atoms with van der Waals surface area (Å²) in [6.07, 6.45) is 61.2. The van der Waals surface area contributed by atoms with Crippen LogP contribution < -0.4 is 0 Å². The lowest BCUT2D eigenvalue weighted by Gasteiger charge is -2.18. The number of hydrogen-bond acceptors (Lipinski definition) is 6. The minimum Gasteiger partial charge on any atom is -0.462 e. The first kappa shape index (κ1) is 60.6. The van der Waals surface area contributed by atoms with Crippen molar-refractivity contribution >= 4 is 17.9 Å². The van der Waals surface area contributed by atoms with Crippen molar-refractivity contribution in [1.82, 2.24) is 0 Å². The molecule has 0 aromatic carbocycles. The molecule has 0 unspecified atom stereocenters. The molecule has 0 fully saturated rings. The van der Waals surface area contributed by atoms with Crippen LogP contribution in [0.25, 0.3) is 0 Å². The fourth-order valence-electron chi connectivity index (χ4n) is 7.94. The van der Waals surface area contributed by atoms with Crippen LogP contribution in [0.5, 0.6) is 0 Å². The van der Waals surface area contributed by atoms with Gasteiger partial charge < -0.3 is 14.2 Å². The van der Waals surface area contributed by atoms with E-state index in [9.17, 15) is 14.4 Å². The van der Waals surface area contributed by atoms with Crippen LogP contribution in [0.2, 0.25) is 0 Å². The van der Waals surface area contributed by atoms with Crippen LogP contribution in [0, 0.1) is 0 Å². The highest BCUT2D eigenvalue weighted by Gasteiger charge is 2.19. The van der Waals surface area contributed by atoms with E-state index in [4.69, 9.17) is 14.2 Å². The first-order valence-corrected chi connectivity index (χ1v) is 27.5. The first-order valence-electron chi connectivity index (χ1n) is 27.5. The molecule has 0 spiro atoms. The summed E-state index contributed by atoms with van der Waals surface area (Å²) >= 11 is 0. The molecule has 0 aliphatic carbocycles. The molecule has 0 aliphatic rings. The number of hydrogen-bond donors (Lipinski definition) is 0. The van der Waals surface area contributed by atoms with Gasteiger partial charge in [0.25, 0.3) is 0 Å². The number of carbonyl (C=O) groups excluding carboxylic acids is 3. The highest BCUT2D eigenvalue weighted by Crippen LogP contribution is 2.16. The smallest absolute Gasteiger partial charge is 0.306 e. The lowest BCUT2D eigenvalue weighted by molar-refractivity contribution is -0.167. The van der Waals surface area contributed by atoms with Gasteiger partial charge in [0.2, 0.25) is 0 Å². The fourth-order valence-corrected chi connectivity index (χ4v) is 7.94. The Kier molecular flexibility index (Phi) is 50.3. The maximum absolute atomic E-state index is 12.8. The van der Waals surface area contributed by atoms with Gasteiger partial charge in [-0.25, -0.2) is 0 Å². The van der Waals surface area contributed by atoms with Gasteiger partial charge in [-0.3, -0.25) is 14.4 Å². The van der Waals surface area contributed by atoms with Crippen LogP contribution in [0.1, 0.15) is 290 Å². The summed E-state index contributed by atoms with van der Waals surface area (Å²) in [7, 11) is 0. The second-order valence-corrected chi connectivity index (χ2v) is 18.5. The van der Waals surface area contributed by atoms with E-state index >= 15 is 0 Å². The van der Waals surface area contributed by atoms with E-state index in [-0.39, 0.29) is 31.1 Å². The Hall–Kier alpha value is -2.37. The summed E-state index contributed by atoms with van der Waals surface area (Å²) < 4.78 is 16.8. The van der Waals surface area contributed by atoms with Crippen LogP contribution in [-0.2, 0) is 28.6 Å². The summed E-state index contributed by atoms with van der Waals surface area (Å²) in [4.78, 5) is 38.0. The Labute approximate surface area is 391 Å². The van der Waals surface area contributed by atoms with E-state index in [0.29, 0.717) is 19.3 Å². The van der Waals surface area contributed by atoms with Crippen molar-refractivity contribution in [1.29, 1.82) is 0 Å². The number of carbonyl (C=O) groups is 3. The van der Waals surface area contributed by atoms with E-state index in [1.807, 2.05) is 0 Å². The standard InChI is InChI=1S/C57H104O6/c1-4-7-10-13-16-19-22-25-28-31-34-37-40-43-46-49-55(58)61-52-54(63-57(60)51-48-45-42-39-36-33-30-27-24-21-18-15-12-9-6-3)53-62-56(59)50-47-44-41-38-35-32-29-26-23-20-17-14-11-8-5-2/h16,19,25,27-28,30,54H,4-15,17-18,20-24,26,29,31-53H2,1-3H3/t54-/m0/s1. The van der Waals surface area contributed by atoms with E-state index in [1.165, 1.54) is 167 Å². The maximum atomic E-state index is 12.8. The normalized spacial score (nSPS) is 12.2. The molecule has 0 bridgehead atoms. The molecule has 0 aromatic rings. The quantitative estimate of drug-likeness (QED) is 0.0262. The first-order chi connectivity index (χ1) is 31.0. The van der Waals surface area contributed by atoms with Crippen molar-refractivity contribution in [3.05, 3.63) is 36.5 Å². The van der Waals surface area contributed by atoms with Crippen molar-refractivity contribution < 1.29 is 28.6 Å². The number of unbranched alkanes of at least 4 members (excludes halogenated alkanes) is 33. The Morgan fingerprint density at radius 2 is 0.571 bits per heavy atom. The van der Waals surface area contributed by atoms with E-state index in [0.717, 1.165) is 83.5 Å². The van der Waals surface area contributed by atoms with E-state index in [2.05, 4.69) is 57.2 Å². The summed E-state index contributed by atoms with van der Waals surface area (Å²) in [5.41, 5.74) is 0. The zero-order valence-electron chi connectivity index (χ0n) is 42.1. The number of rotatable bonds is 50. The maximum Gasteiger partial charge on any atom is 0.306 e. The average molecular weight is 885 g/mol. The average Bonchev–Trinajstić information content (AvgIpc) is 3.28. The van der Waals surface area contributed by atoms with Gasteiger partial charge >= 0.3 is 17.9 Å². The highest BCUT2D eigenvalue weighted by molar-refractivity contribution is 5.71. The monoisotopic (exact) mass is 885 g/mol. The molecule has 0 radical (unpaired) electrons. The molecule has 63 heavy (non-hydrogen) atoms. The highest BCUT2D eigenvalue weighted by atomic mass is 16.6. The SMILES string of the molecule is CCCCCC=CCC=CCCCCCCCC(=O)OC[C@@H](COC(=O)CCCCCCCCCCCCCCCCC)OC(=O)CCCCCCCC=CCCCCCCCC. The van der Waals surface area contributed by atoms with Gasteiger partial charge in [0, 0.05) is 19.3 Å². The third-order valence-corrected chi connectivity index (χ3v) is 12.1. The number of esters is 3. The second-order valence-electron chi connectivity index (χ2n) is 18.5. The summed E-state index contributed by atoms with van der Waals surface area (Å²) in [6, 6.07) is 0. The molecule has 0 saturated heterocycles. The predicted octanol–water partition coefficient (Wildman–Crippen LogP) is 18.1. The fraction of sp³-hybridized carbons (Fsp3) is 0.842. The van der Waals surface area contributed by atoms with Gasteiger partial charge in [-0.1, -0.05) is 231 Å². The van der Waals surface area contributed by atoms with Gasteiger partial charge in [-0.15, -0.1) is 0 Å². The third-order valence-electron chi connectivity index (χ3n) is 12.1. The van der Waals surface area contributed by atoms with Crippen molar-refractivity contribution in [3.63, 3.8) is 0 Å². The summed E-state index contributed by atoms with van der Waals surface area (Å²) in [6.45, 7) is 6.62. The van der Waals surface area contributed by atoms with Gasteiger partial charge in [0.15, 0.2) is 6.10 Å². The van der Waals surface area contributed by atoms with E-state index < -0.39 is 6.10 Å². The van der Waals surface area contributed by atoms with E-state index in [1.54, 1.807) is 0 Å². The largest absolute Gasteiger partial charge is 0.462 e. The van der Waals surface area contributed by atoms with Crippen molar-refractivity contribution in [2.24, 2.45) is 0 Å². The minimum atomic E-state index is -0.779. The Morgan fingerprint density at radius 3 is 0.921 bits per heavy atom. The third kappa shape index (κ3) is 50.5. The van der Waals surface area contributed by atoms with Gasteiger partial charge in [-0.05, 0) is 77.0 Å². The molecule has 6 nitrogen and oxygen atoms in total. The molecule has 0 N–H and O–H groups in total. The molecule has 6 heteroatoms. The Balaban J connectivity index is 4.38. The van der Waals surface area contributed by atoms with Crippen LogP contribution in [0.3, 0.4) is 0 Å². The molecule has 0 amide bonds. The molecule has 0 aromatic heterocycles. The topological polar surface area (TPSA) is 78.9 Å². The number of allylic oxidation sites excluding steroid dienone is 6. The van der Waals surface area contributed by atoms with Crippen molar-refractivity contribution in [2.45, 2.75) is 297 Å². The Morgan fingerprint density at radius 1 is 0.317 bits per heavy atom. The molecule has 0 rings (SSSR count). The summed E-state index contributed by atoms with van der Waals surface area (Å²) in [5, 5.41) is 0. The van der Waals surface area contributed by atoms with Gasteiger partial charge in [0.05, 0.1) is 0 Å². The molecule has 1 atom stereocenters. The Bertz CT molecular complexity index is 1060. The van der Waals surface area contributed by atoms with Crippen LogP contribution in [-0.4, -0.2) is 37.2 Å². The molecule has 0 aliphatic heterocycles. The van der Waals surface area contributed by atoms with Gasteiger partial charge in [-0.2, -0.15) is 0 Å². The van der Waals surface area contributed by atoms with Crippen LogP contribution >= 0.6 is 0 Å². The molecular weight excluding hydrogens is 781 g/mol. The zero-order chi connectivity index (χ0) is 45.8. The molecule has 368 valence electrons. The summed E-state index contributed by atoms with van der Waals surface area (Å²) in [5.74, 6) is -0.886. The molecule has 0 saturated carbocycles. The van der Waals surface area contributed by atoms with Crippen molar-refractivity contribution in [3.8, 4) is 0 Å². The predicted molar refractivity (Wildman–Crippen MR) is 270 cm³/mol. The zero-order valence-corrected chi connectivity index (χ0v) is 42.1. The lowest BCUT2D eigenvalue weighted by Crippen LogP contribution is -2.30. The lowest BCUT2D eigenvalue weighted by atomic mass is 10.0. The van der Waals surface area contributed by atoms with Crippen molar-refractivity contribution in [2.75, 3.05) is 13.2 Å². The molecular formula is C57H104O6. The van der Waals surface area contributed by atoms with Crippen LogP contribution in [0.15, 0.2) is 36.5 Å². The minimum absolute atomic E-state index is 0.0767. The second kappa shape index (κ2) is 52.3. The molecule has 0 heterocycles. The van der Waals surface area contributed by atoms with Crippen LogP contribution in [0.4, 0.5) is 0 Å². The van der Waals surface area contributed by atoms with Gasteiger partial charge in [0.1, 0.15) is 13.2 Å². The number of ether oxygens (including phenoxy) is 3.